The second-order valence-corrected chi connectivity index (χ2v) is 11.5. The van der Waals surface area contributed by atoms with E-state index in [0.717, 1.165) is 19.4 Å². The van der Waals surface area contributed by atoms with Crippen LogP contribution in [0.3, 0.4) is 0 Å². The van der Waals surface area contributed by atoms with E-state index in [1.165, 1.54) is 43.2 Å². The molecule has 0 aliphatic heterocycles. The first-order valence-corrected chi connectivity index (χ1v) is 14.1. The van der Waals surface area contributed by atoms with Crippen molar-refractivity contribution in [3.05, 3.63) is 77.5 Å². The molecule has 0 amide bonds. The number of fused-ring (bicyclic) bond motifs is 2. The van der Waals surface area contributed by atoms with Gasteiger partial charge >= 0.3 is 6.36 Å². The molecular weight excluding hydrogens is 529 g/mol. The molecule has 41 heavy (non-hydrogen) atoms. The standard InChI is InChI=1S/C31H35F3N6O/c1-30(14-22-11-7-12-23(15-30)27(22)36-17-21-8-3-2-4-9-21)20-39-28-25(16-35)19-38-29(40-28)37-18-24-10-5-6-13-26(24)41-31(32,33)34/h2-6,8-10,13,19,22-23,27,36H,7,11-12,14-15,17-18,20H2,1H3,(H2,37,38,39,40)/t22-,23+,27?,30?. The van der Waals surface area contributed by atoms with Gasteiger partial charge in [0.1, 0.15) is 23.2 Å². The Balaban J connectivity index is 1.22. The Bertz CT molecular complexity index is 1350. The van der Waals surface area contributed by atoms with E-state index in [4.69, 9.17) is 0 Å². The molecule has 2 aliphatic carbocycles. The van der Waals surface area contributed by atoms with Crippen LogP contribution in [0.4, 0.5) is 24.9 Å². The van der Waals surface area contributed by atoms with Crippen molar-refractivity contribution in [3.63, 3.8) is 0 Å². The highest BCUT2D eigenvalue weighted by molar-refractivity contribution is 5.53. The molecule has 3 N–H and O–H groups in total. The molecule has 2 bridgehead atoms. The fourth-order valence-electron chi connectivity index (χ4n) is 6.53. The van der Waals surface area contributed by atoms with Crippen molar-refractivity contribution in [2.45, 2.75) is 64.5 Å². The molecule has 10 heteroatoms. The average Bonchev–Trinajstić information content (AvgIpc) is 2.94. The third-order valence-electron chi connectivity index (χ3n) is 8.29. The summed E-state index contributed by atoms with van der Waals surface area (Å²) in [5.74, 6) is 1.53. The number of hydrogen-bond donors (Lipinski definition) is 3. The molecule has 5 rings (SSSR count). The van der Waals surface area contributed by atoms with Crippen LogP contribution < -0.4 is 20.7 Å². The second-order valence-electron chi connectivity index (χ2n) is 11.5. The Labute approximate surface area is 238 Å². The zero-order chi connectivity index (χ0) is 28.9. The minimum atomic E-state index is -4.79. The van der Waals surface area contributed by atoms with Crippen molar-refractivity contribution < 1.29 is 17.9 Å². The zero-order valence-corrected chi connectivity index (χ0v) is 23.0. The molecule has 216 valence electrons. The smallest absolute Gasteiger partial charge is 0.405 e. The minimum Gasteiger partial charge on any atom is -0.405 e. The lowest BCUT2D eigenvalue weighted by molar-refractivity contribution is -0.274. The van der Waals surface area contributed by atoms with Crippen LogP contribution in [0.5, 0.6) is 5.75 Å². The number of para-hydroxylation sites is 1. The SMILES string of the molecule is CC1(CNc2nc(NCc3ccccc3OC(F)(F)F)ncc2C#N)C[C@H]2CCC[C@@H](C1)C2NCc1ccccc1. The van der Waals surface area contributed by atoms with Crippen LogP contribution in [0.25, 0.3) is 0 Å². The Morgan fingerprint density at radius 2 is 1.71 bits per heavy atom. The first-order valence-electron chi connectivity index (χ1n) is 14.1. The zero-order valence-electron chi connectivity index (χ0n) is 23.0. The van der Waals surface area contributed by atoms with Gasteiger partial charge in [0, 0.05) is 31.2 Å². The number of aromatic nitrogens is 2. The highest BCUT2D eigenvalue weighted by atomic mass is 19.4. The van der Waals surface area contributed by atoms with E-state index in [2.05, 4.69) is 67.9 Å². The Kier molecular flexibility index (Phi) is 8.64. The molecule has 2 fully saturated rings. The van der Waals surface area contributed by atoms with Gasteiger partial charge in [0.05, 0.1) is 6.20 Å². The highest BCUT2D eigenvalue weighted by Crippen LogP contribution is 2.49. The van der Waals surface area contributed by atoms with Crippen LogP contribution in [-0.4, -0.2) is 28.9 Å². The molecule has 0 spiro atoms. The summed E-state index contributed by atoms with van der Waals surface area (Å²) in [6, 6.07) is 19.1. The fraction of sp³-hybridized carbons (Fsp3) is 0.452. The molecule has 2 aliphatic rings. The molecule has 7 nitrogen and oxygen atoms in total. The van der Waals surface area contributed by atoms with E-state index in [-0.39, 0.29) is 23.7 Å². The molecule has 2 saturated carbocycles. The number of hydrogen-bond acceptors (Lipinski definition) is 7. The molecule has 1 heterocycles. The van der Waals surface area contributed by atoms with Gasteiger partial charge in [-0.1, -0.05) is 61.9 Å². The lowest BCUT2D eigenvalue weighted by Gasteiger charge is -2.51. The Morgan fingerprint density at radius 1 is 1.00 bits per heavy atom. The van der Waals surface area contributed by atoms with E-state index >= 15 is 0 Å². The summed E-state index contributed by atoms with van der Waals surface area (Å²) in [6.07, 6.45) is 2.49. The van der Waals surface area contributed by atoms with Gasteiger partial charge in [-0.25, -0.2) is 4.98 Å². The van der Waals surface area contributed by atoms with Crippen LogP contribution in [0.15, 0.2) is 60.8 Å². The highest BCUT2D eigenvalue weighted by Gasteiger charge is 2.45. The molecule has 3 aromatic rings. The predicted octanol–water partition coefficient (Wildman–Crippen LogP) is 6.65. The van der Waals surface area contributed by atoms with Crippen molar-refractivity contribution in [1.82, 2.24) is 15.3 Å². The maximum atomic E-state index is 12.8. The lowest BCUT2D eigenvalue weighted by Crippen LogP contribution is -2.52. The summed E-state index contributed by atoms with van der Waals surface area (Å²) < 4.78 is 42.5. The number of halogens is 3. The first kappa shape index (κ1) is 28.7. The van der Waals surface area contributed by atoms with Gasteiger partial charge in [0.15, 0.2) is 0 Å². The molecule has 0 saturated heterocycles. The largest absolute Gasteiger partial charge is 0.573 e. The number of rotatable bonds is 10. The van der Waals surface area contributed by atoms with Crippen molar-refractivity contribution in [3.8, 4) is 11.8 Å². The maximum absolute atomic E-state index is 12.8. The van der Waals surface area contributed by atoms with Gasteiger partial charge in [-0.3, -0.25) is 0 Å². The number of nitrogens with one attached hydrogen (secondary N) is 3. The summed E-state index contributed by atoms with van der Waals surface area (Å²) in [5, 5.41) is 19.9. The van der Waals surface area contributed by atoms with Gasteiger partial charge in [0.2, 0.25) is 5.95 Å². The van der Waals surface area contributed by atoms with Crippen LogP contribution >= 0.6 is 0 Å². The van der Waals surface area contributed by atoms with Crippen LogP contribution in [-0.2, 0) is 13.1 Å². The monoisotopic (exact) mass is 564 g/mol. The van der Waals surface area contributed by atoms with Gasteiger partial charge in [-0.05, 0) is 54.6 Å². The summed E-state index contributed by atoms with van der Waals surface area (Å²) >= 11 is 0. The third-order valence-corrected chi connectivity index (χ3v) is 8.29. The predicted molar refractivity (Wildman–Crippen MR) is 151 cm³/mol. The number of nitrogens with zero attached hydrogens (tertiary/aromatic N) is 3. The molecule has 0 radical (unpaired) electrons. The molecule has 2 aromatic carbocycles. The number of ether oxygens (including phenoxy) is 1. The Morgan fingerprint density at radius 3 is 2.41 bits per heavy atom. The van der Waals surface area contributed by atoms with E-state index in [1.54, 1.807) is 12.1 Å². The van der Waals surface area contributed by atoms with E-state index in [0.29, 0.717) is 41.4 Å². The second kappa shape index (κ2) is 12.4. The quantitative estimate of drug-likeness (QED) is 0.254. The molecular formula is C31H35F3N6O. The fourth-order valence-corrected chi connectivity index (χ4v) is 6.53. The van der Waals surface area contributed by atoms with Crippen molar-refractivity contribution >= 4 is 11.8 Å². The van der Waals surface area contributed by atoms with Crippen molar-refractivity contribution in [2.75, 3.05) is 17.2 Å². The van der Waals surface area contributed by atoms with Crippen LogP contribution in [0, 0.1) is 28.6 Å². The number of nitriles is 1. The van der Waals surface area contributed by atoms with Gasteiger partial charge in [0.25, 0.3) is 0 Å². The van der Waals surface area contributed by atoms with Crippen LogP contribution in [0.2, 0.25) is 0 Å². The summed E-state index contributed by atoms with van der Waals surface area (Å²) in [6.45, 7) is 3.88. The van der Waals surface area contributed by atoms with Gasteiger partial charge in [-0.2, -0.15) is 10.2 Å². The topological polar surface area (TPSA) is 94.9 Å². The normalized spacial score (nSPS) is 23.8. The summed E-state index contributed by atoms with van der Waals surface area (Å²) in [5.41, 5.74) is 1.97. The van der Waals surface area contributed by atoms with E-state index < -0.39 is 6.36 Å². The molecule has 4 atom stereocenters. The first-order chi connectivity index (χ1) is 19.7. The van der Waals surface area contributed by atoms with E-state index in [1.807, 2.05) is 6.07 Å². The van der Waals surface area contributed by atoms with Crippen molar-refractivity contribution in [1.29, 1.82) is 5.26 Å². The average molecular weight is 565 g/mol. The maximum Gasteiger partial charge on any atom is 0.573 e. The van der Waals surface area contributed by atoms with Crippen molar-refractivity contribution in [2.24, 2.45) is 17.3 Å². The third kappa shape index (κ3) is 7.47. The summed E-state index contributed by atoms with van der Waals surface area (Å²) in [4.78, 5) is 8.68. The molecule has 1 aromatic heterocycles. The number of benzene rings is 2. The van der Waals surface area contributed by atoms with Gasteiger partial charge < -0.3 is 20.7 Å². The van der Waals surface area contributed by atoms with E-state index in [9.17, 15) is 18.4 Å². The Hall–Kier alpha value is -3.84. The van der Waals surface area contributed by atoms with Crippen LogP contribution in [0.1, 0.15) is 55.7 Å². The number of anilines is 2. The lowest BCUT2D eigenvalue weighted by atomic mass is 9.59. The molecule has 2 unspecified atom stereocenters. The minimum absolute atomic E-state index is 0.0238. The number of alkyl halides is 3. The van der Waals surface area contributed by atoms with Gasteiger partial charge in [-0.15, -0.1) is 13.2 Å². The summed E-state index contributed by atoms with van der Waals surface area (Å²) in [7, 11) is 0.